The van der Waals surface area contributed by atoms with Gasteiger partial charge in [-0.1, -0.05) is 48.5 Å². The summed E-state index contributed by atoms with van der Waals surface area (Å²) in [4.78, 5) is 25.3. The van der Waals surface area contributed by atoms with Crippen LogP contribution in [0.3, 0.4) is 0 Å². The summed E-state index contributed by atoms with van der Waals surface area (Å²) in [7, 11) is 0. The van der Waals surface area contributed by atoms with E-state index in [0.29, 0.717) is 29.6 Å². The molecule has 1 aromatic heterocycles. The van der Waals surface area contributed by atoms with E-state index in [-0.39, 0.29) is 23.1 Å². The van der Waals surface area contributed by atoms with E-state index in [0.717, 1.165) is 39.2 Å². The zero-order valence-corrected chi connectivity index (χ0v) is 19.8. The third kappa shape index (κ3) is 3.95. The van der Waals surface area contributed by atoms with E-state index in [2.05, 4.69) is 17.4 Å². The fraction of sp³-hybridized carbons (Fsp3) is 0.143. The fourth-order valence-electron chi connectivity index (χ4n) is 4.73. The molecule has 2 heterocycles. The van der Waals surface area contributed by atoms with Crippen molar-refractivity contribution in [1.82, 2.24) is 0 Å². The number of amides is 1. The number of carboxylic acids is 1. The molecule has 1 aliphatic heterocycles. The van der Waals surface area contributed by atoms with E-state index < -0.39 is 12.1 Å². The van der Waals surface area contributed by atoms with Crippen LogP contribution in [0, 0.1) is 0 Å². The SMILES string of the molecule is O=C(Nc1cc(-c2ccc3c(c2)OCCO3)sc1C(=O)O)OCC1c2ccccc2-c2ccccc21. The van der Waals surface area contributed by atoms with Crippen molar-refractivity contribution in [3.05, 3.63) is 88.8 Å². The Kier molecular flexibility index (Phi) is 5.58. The zero-order chi connectivity index (χ0) is 24.6. The van der Waals surface area contributed by atoms with Gasteiger partial charge in [-0.25, -0.2) is 9.59 Å². The van der Waals surface area contributed by atoms with E-state index in [1.54, 1.807) is 12.1 Å². The van der Waals surface area contributed by atoms with Gasteiger partial charge in [0.1, 0.15) is 24.7 Å². The summed E-state index contributed by atoms with van der Waals surface area (Å²) in [5.74, 6) is 0.0441. The molecule has 1 aliphatic carbocycles. The molecule has 0 saturated heterocycles. The molecule has 0 radical (unpaired) electrons. The smallest absolute Gasteiger partial charge is 0.411 e. The number of thiophene rings is 1. The second-order valence-corrected chi connectivity index (χ2v) is 9.52. The number of carbonyl (C=O) groups is 2. The minimum absolute atomic E-state index is 0.0217. The van der Waals surface area contributed by atoms with Gasteiger partial charge in [0.2, 0.25) is 0 Å². The molecular formula is C28H21NO6S. The first-order valence-corrected chi connectivity index (χ1v) is 12.3. The number of hydrogen-bond acceptors (Lipinski definition) is 6. The summed E-state index contributed by atoms with van der Waals surface area (Å²) in [5, 5.41) is 12.4. The molecule has 0 spiro atoms. The van der Waals surface area contributed by atoms with Crippen molar-refractivity contribution in [3.8, 4) is 33.1 Å². The van der Waals surface area contributed by atoms with Crippen molar-refractivity contribution in [3.63, 3.8) is 0 Å². The summed E-state index contributed by atoms with van der Waals surface area (Å²) >= 11 is 1.07. The molecule has 8 heteroatoms. The summed E-state index contributed by atoms with van der Waals surface area (Å²) in [5.41, 5.74) is 5.44. The predicted molar refractivity (Wildman–Crippen MR) is 136 cm³/mol. The lowest BCUT2D eigenvalue weighted by Gasteiger charge is -2.18. The number of rotatable bonds is 5. The van der Waals surface area contributed by atoms with Crippen LogP contribution in [0.1, 0.15) is 26.7 Å². The standard InChI is InChI=1S/C28H21NO6S/c30-27(31)26-22(14-25(36-26)16-9-10-23-24(13-16)34-12-11-33-23)29-28(32)35-15-21-19-7-3-1-5-17(19)18-6-2-4-8-20(18)21/h1-10,13-14,21H,11-12,15H2,(H,29,32)(H,30,31). The lowest BCUT2D eigenvalue weighted by molar-refractivity contribution is 0.0703. The number of carbonyl (C=O) groups excluding carboxylic acids is 1. The van der Waals surface area contributed by atoms with Crippen LogP contribution in [0.5, 0.6) is 11.5 Å². The molecule has 36 heavy (non-hydrogen) atoms. The van der Waals surface area contributed by atoms with Crippen molar-refractivity contribution >= 4 is 29.1 Å². The maximum Gasteiger partial charge on any atom is 0.411 e. The highest BCUT2D eigenvalue weighted by atomic mass is 32.1. The van der Waals surface area contributed by atoms with Crippen LogP contribution in [0.4, 0.5) is 10.5 Å². The Bertz CT molecular complexity index is 1450. The van der Waals surface area contributed by atoms with Gasteiger partial charge in [-0.2, -0.15) is 0 Å². The van der Waals surface area contributed by atoms with E-state index in [9.17, 15) is 14.7 Å². The molecule has 0 unspecified atom stereocenters. The highest BCUT2D eigenvalue weighted by molar-refractivity contribution is 7.18. The molecule has 2 N–H and O–H groups in total. The highest BCUT2D eigenvalue weighted by Gasteiger charge is 2.29. The minimum Gasteiger partial charge on any atom is -0.486 e. The molecule has 1 amide bonds. The maximum atomic E-state index is 12.7. The van der Waals surface area contributed by atoms with Gasteiger partial charge < -0.3 is 19.3 Å². The van der Waals surface area contributed by atoms with Crippen molar-refractivity contribution in [2.24, 2.45) is 0 Å². The van der Waals surface area contributed by atoms with Crippen molar-refractivity contribution in [2.75, 3.05) is 25.1 Å². The molecule has 3 aromatic carbocycles. The summed E-state index contributed by atoms with van der Waals surface area (Å²) in [6, 6.07) is 23.2. The highest BCUT2D eigenvalue weighted by Crippen LogP contribution is 2.45. The molecule has 0 bridgehead atoms. The van der Waals surface area contributed by atoms with Gasteiger partial charge in [-0.3, -0.25) is 5.32 Å². The van der Waals surface area contributed by atoms with Crippen molar-refractivity contribution in [1.29, 1.82) is 0 Å². The third-order valence-electron chi connectivity index (χ3n) is 6.33. The maximum absolute atomic E-state index is 12.7. The van der Waals surface area contributed by atoms with Crippen LogP contribution in [-0.2, 0) is 4.74 Å². The molecule has 4 aromatic rings. The van der Waals surface area contributed by atoms with Crippen LogP contribution < -0.4 is 14.8 Å². The number of carboxylic acid groups (broad SMARTS) is 1. The number of fused-ring (bicyclic) bond motifs is 4. The molecule has 0 atom stereocenters. The first kappa shape index (κ1) is 22.2. The van der Waals surface area contributed by atoms with Gasteiger partial charge in [-0.15, -0.1) is 11.3 Å². The van der Waals surface area contributed by atoms with Gasteiger partial charge >= 0.3 is 12.1 Å². The third-order valence-corrected chi connectivity index (χ3v) is 7.51. The van der Waals surface area contributed by atoms with Crippen LogP contribution >= 0.6 is 11.3 Å². The zero-order valence-electron chi connectivity index (χ0n) is 19.0. The predicted octanol–water partition coefficient (Wildman–Crippen LogP) is 6.25. The first-order chi connectivity index (χ1) is 17.6. The normalized spacial score (nSPS) is 13.6. The molecule has 7 nitrogen and oxygen atoms in total. The van der Waals surface area contributed by atoms with Gasteiger partial charge in [-0.05, 0) is 52.1 Å². The number of benzene rings is 3. The second kappa shape index (κ2) is 9.05. The fourth-order valence-corrected chi connectivity index (χ4v) is 5.67. The average Bonchev–Trinajstić information content (AvgIpc) is 3.47. The Labute approximate surface area is 210 Å². The molecule has 180 valence electrons. The summed E-state index contributed by atoms with van der Waals surface area (Å²) < 4.78 is 16.8. The Balaban J connectivity index is 1.21. The molecule has 0 saturated carbocycles. The van der Waals surface area contributed by atoms with Crippen LogP contribution in [0.15, 0.2) is 72.8 Å². The Morgan fingerprint density at radius 2 is 1.58 bits per heavy atom. The monoisotopic (exact) mass is 499 g/mol. The van der Waals surface area contributed by atoms with E-state index in [4.69, 9.17) is 14.2 Å². The number of aromatic carboxylic acids is 1. The first-order valence-electron chi connectivity index (χ1n) is 11.5. The Morgan fingerprint density at radius 3 is 2.28 bits per heavy atom. The van der Waals surface area contributed by atoms with Gasteiger partial charge in [0.15, 0.2) is 11.5 Å². The lowest BCUT2D eigenvalue weighted by Crippen LogP contribution is -2.18. The van der Waals surface area contributed by atoms with E-state index in [1.165, 1.54) is 0 Å². The quantitative estimate of drug-likeness (QED) is 0.337. The van der Waals surface area contributed by atoms with Crippen molar-refractivity contribution in [2.45, 2.75) is 5.92 Å². The molecule has 0 fully saturated rings. The van der Waals surface area contributed by atoms with Crippen molar-refractivity contribution < 1.29 is 28.9 Å². The van der Waals surface area contributed by atoms with Gasteiger partial charge in [0, 0.05) is 10.8 Å². The Hall–Kier alpha value is -4.30. The molecule has 2 aliphatic rings. The second-order valence-electron chi connectivity index (χ2n) is 8.47. The summed E-state index contributed by atoms with van der Waals surface area (Å²) in [6.07, 6.45) is -0.703. The van der Waals surface area contributed by atoms with E-state index in [1.807, 2.05) is 48.5 Å². The van der Waals surface area contributed by atoms with Crippen LogP contribution in [-0.4, -0.2) is 37.0 Å². The number of ether oxygens (including phenoxy) is 3. The topological polar surface area (TPSA) is 94.1 Å². The number of nitrogens with one attached hydrogen (secondary N) is 1. The van der Waals surface area contributed by atoms with E-state index >= 15 is 0 Å². The number of hydrogen-bond donors (Lipinski definition) is 2. The van der Waals surface area contributed by atoms with Gasteiger partial charge in [0.25, 0.3) is 0 Å². The molecule has 6 rings (SSSR count). The molecular weight excluding hydrogens is 478 g/mol. The lowest BCUT2D eigenvalue weighted by atomic mass is 9.98. The average molecular weight is 500 g/mol. The van der Waals surface area contributed by atoms with Gasteiger partial charge in [0.05, 0.1) is 5.69 Å². The number of anilines is 1. The largest absolute Gasteiger partial charge is 0.486 e. The van der Waals surface area contributed by atoms with Crippen LogP contribution in [0.25, 0.3) is 21.6 Å². The Morgan fingerprint density at radius 1 is 0.917 bits per heavy atom. The minimum atomic E-state index is -1.13. The van der Waals surface area contributed by atoms with Crippen LogP contribution in [0.2, 0.25) is 0 Å². The summed E-state index contributed by atoms with van der Waals surface area (Å²) in [6.45, 7) is 1.08.